The largest absolute Gasteiger partial charge is 0.315 e. The fraction of sp³-hybridized carbons (Fsp3) is 0.389. The van der Waals surface area contributed by atoms with E-state index in [2.05, 4.69) is 17.2 Å². The first kappa shape index (κ1) is 16.6. The van der Waals surface area contributed by atoms with E-state index in [1.165, 1.54) is 16.9 Å². The van der Waals surface area contributed by atoms with Crippen LogP contribution in [-0.4, -0.2) is 38.4 Å². The Kier molecular flexibility index (Phi) is 4.08. The molecule has 2 amide bonds. The lowest BCUT2D eigenvalue weighted by Gasteiger charge is -2.29. The Morgan fingerprint density at radius 1 is 1.36 bits per heavy atom. The predicted molar refractivity (Wildman–Crippen MR) is 102 cm³/mol. The molecule has 0 spiro atoms. The van der Waals surface area contributed by atoms with Gasteiger partial charge >= 0.3 is 0 Å². The molecule has 2 fully saturated rings. The smallest absolute Gasteiger partial charge is 0.249 e. The summed E-state index contributed by atoms with van der Waals surface area (Å²) < 4.78 is 0. The van der Waals surface area contributed by atoms with Crippen molar-refractivity contribution in [3.63, 3.8) is 0 Å². The first-order chi connectivity index (χ1) is 12.0. The first-order valence-corrected chi connectivity index (χ1v) is 10.1. The van der Waals surface area contributed by atoms with Gasteiger partial charge in [-0.2, -0.15) is 0 Å². The van der Waals surface area contributed by atoms with Gasteiger partial charge in [-0.1, -0.05) is 29.8 Å². The predicted octanol–water partition coefficient (Wildman–Crippen LogP) is 3.51. The number of hydrogen-bond donors (Lipinski definition) is 1. The lowest BCUT2D eigenvalue weighted by atomic mass is 10.1. The van der Waals surface area contributed by atoms with Gasteiger partial charge in [0.2, 0.25) is 11.8 Å². The summed E-state index contributed by atoms with van der Waals surface area (Å²) in [5.74, 6) is 0.577. The number of fused-ring (bicyclic) bond motifs is 1. The van der Waals surface area contributed by atoms with Gasteiger partial charge in [0.05, 0.1) is 10.6 Å². The fourth-order valence-corrected chi connectivity index (χ4v) is 5.55. The van der Waals surface area contributed by atoms with E-state index in [0.717, 1.165) is 17.7 Å². The standard InChI is InChI=1S/C18H19N3O2S2/c1-11-3-5-12(6-4-11)13-9-24-17(19-13)20-16(23)14-10-25-18(2)8-7-15(22)21(14)18/h3-6,9,14H,7-8,10H2,1-2H3,(H,19,20,23)/t14-,18+/m0/s1. The highest BCUT2D eigenvalue weighted by Gasteiger charge is 2.52. The Bertz CT molecular complexity index is 833. The van der Waals surface area contributed by atoms with Crippen LogP contribution in [0.5, 0.6) is 0 Å². The van der Waals surface area contributed by atoms with E-state index in [9.17, 15) is 9.59 Å². The summed E-state index contributed by atoms with van der Waals surface area (Å²) in [7, 11) is 0. The molecule has 25 heavy (non-hydrogen) atoms. The van der Waals surface area contributed by atoms with Gasteiger partial charge in [0.15, 0.2) is 5.13 Å². The highest BCUT2D eigenvalue weighted by molar-refractivity contribution is 8.01. The van der Waals surface area contributed by atoms with Crippen LogP contribution in [0.1, 0.15) is 25.3 Å². The number of carbonyl (C=O) groups is 2. The fourth-order valence-electron chi connectivity index (χ4n) is 3.39. The van der Waals surface area contributed by atoms with Crippen LogP contribution in [0.4, 0.5) is 5.13 Å². The van der Waals surface area contributed by atoms with Gasteiger partial charge in [-0.25, -0.2) is 4.98 Å². The average molecular weight is 374 g/mol. The summed E-state index contributed by atoms with van der Waals surface area (Å²) in [6.45, 7) is 4.10. The summed E-state index contributed by atoms with van der Waals surface area (Å²) in [6.07, 6.45) is 1.34. The van der Waals surface area contributed by atoms with E-state index in [-0.39, 0.29) is 16.7 Å². The molecule has 2 aliphatic rings. The molecule has 2 aromatic rings. The number of carbonyl (C=O) groups excluding carboxylic acids is 2. The number of aromatic nitrogens is 1. The van der Waals surface area contributed by atoms with Crippen molar-refractivity contribution in [3.8, 4) is 11.3 Å². The maximum Gasteiger partial charge on any atom is 0.249 e. The van der Waals surface area contributed by atoms with Gasteiger partial charge in [-0.15, -0.1) is 23.1 Å². The zero-order valence-corrected chi connectivity index (χ0v) is 15.7. The zero-order valence-electron chi connectivity index (χ0n) is 14.1. The summed E-state index contributed by atoms with van der Waals surface area (Å²) in [6, 6.07) is 7.73. The first-order valence-electron chi connectivity index (χ1n) is 8.26. The molecule has 1 aromatic heterocycles. The third-order valence-electron chi connectivity index (χ3n) is 4.83. The van der Waals surface area contributed by atoms with E-state index in [1.807, 2.05) is 36.6 Å². The lowest BCUT2D eigenvalue weighted by molar-refractivity contribution is -0.135. The zero-order chi connectivity index (χ0) is 17.6. The Hall–Kier alpha value is -1.86. The molecule has 4 rings (SSSR count). The van der Waals surface area contributed by atoms with Crippen molar-refractivity contribution >= 4 is 40.0 Å². The number of nitrogens with zero attached hydrogens (tertiary/aromatic N) is 2. The molecule has 7 heteroatoms. The third-order valence-corrected chi connectivity index (χ3v) is 7.09. The number of aryl methyl sites for hydroxylation is 1. The van der Waals surface area contributed by atoms with Gasteiger partial charge < -0.3 is 10.2 Å². The second kappa shape index (κ2) is 6.14. The van der Waals surface area contributed by atoms with E-state index in [1.54, 1.807) is 16.7 Å². The van der Waals surface area contributed by atoms with Crippen LogP contribution >= 0.6 is 23.1 Å². The normalized spacial score (nSPS) is 25.3. The molecular weight excluding hydrogens is 354 g/mol. The van der Waals surface area contributed by atoms with Crippen LogP contribution in [0.2, 0.25) is 0 Å². The summed E-state index contributed by atoms with van der Waals surface area (Å²) in [4.78, 5) is 30.9. The maximum atomic E-state index is 12.7. The van der Waals surface area contributed by atoms with Crippen molar-refractivity contribution in [2.45, 2.75) is 37.6 Å². The summed E-state index contributed by atoms with van der Waals surface area (Å²) >= 11 is 3.10. The van der Waals surface area contributed by atoms with Gasteiger partial charge in [0.25, 0.3) is 0 Å². The summed E-state index contributed by atoms with van der Waals surface area (Å²) in [5, 5.41) is 5.41. The van der Waals surface area contributed by atoms with Crippen LogP contribution in [0.15, 0.2) is 29.6 Å². The molecule has 1 aromatic carbocycles. The second-order valence-electron chi connectivity index (χ2n) is 6.66. The molecule has 0 saturated carbocycles. The van der Waals surface area contributed by atoms with Crippen molar-refractivity contribution < 1.29 is 9.59 Å². The summed E-state index contributed by atoms with van der Waals surface area (Å²) in [5.41, 5.74) is 3.08. The van der Waals surface area contributed by atoms with Crippen LogP contribution in [0.25, 0.3) is 11.3 Å². The Morgan fingerprint density at radius 3 is 2.88 bits per heavy atom. The molecule has 1 N–H and O–H groups in total. The lowest BCUT2D eigenvalue weighted by Crippen LogP contribution is -2.48. The minimum atomic E-state index is -0.406. The molecule has 3 heterocycles. The SMILES string of the molecule is Cc1ccc(-c2csc(NC(=O)[C@@H]3CS[C@]4(C)CCC(=O)N34)n2)cc1. The van der Waals surface area contributed by atoms with Crippen molar-refractivity contribution in [2.24, 2.45) is 0 Å². The van der Waals surface area contributed by atoms with Crippen LogP contribution in [0, 0.1) is 6.92 Å². The molecule has 5 nitrogen and oxygen atoms in total. The highest BCUT2D eigenvalue weighted by Crippen LogP contribution is 2.47. The number of hydrogen-bond acceptors (Lipinski definition) is 5. The minimum Gasteiger partial charge on any atom is -0.315 e. The topological polar surface area (TPSA) is 62.3 Å². The number of anilines is 1. The van der Waals surface area contributed by atoms with Gasteiger partial charge in [0.1, 0.15) is 6.04 Å². The monoisotopic (exact) mass is 373 g/mol. The van der Waals surface area contributed by atoms with E-state index in [0.29, 0.717) is 17.3 Å². The molecule has 0 bridgehead atoms. The third kappa shape index (κ3) is 2.95. The number of nitrogens with one attached hydrogen (secondary N) is 1. The number of amides is 2. The second-order valence-corrected chi connectivity index (χ2v) is 9.02. The number of rotatable bonds is 3. The Balaban J connectivity index is 1.49. The molecule has 0 radical (unpaired) electrons. The van der Waals surface area contributed by atoms with Crippen molar-refractivity contribution in [2.75, 3.05) is 11.1 Å². The number of benzene rings is 1. The molecular formula is C18H19N3O2S2. The number of thioether (sulfide) groups is 1. The Labute approximate surface area is 154 Å². The van der Waals surface area contributed by atoms with Gasteiger partial charge in [0, 0.05) is 23.1 Å². The minimum absolute atomic E-state index is 0.0760. The van der Waals surface area contributed by atoms with Crippen LogP contribution in [-0.2, 0) is 9.59 Å². The van der Waals surface area contributed by atoms with E-state index >= 15 is 0 Å². The van der Waals surface area contributed by atoms with Crippen LogP contribution < -0.4 is 5.32 Å². The molecule has 0 aliphatic carbocycles. The molecule has 130 valence electrons. The number of thiazole rings is 1. The molecule has 0 unspecified atom stereocenters. The average Bonchev–Trinajstić information content (AvgIpc) is 3.25. The van der Waals surface area contributed by atoms with Gasteiger partial charge in [-0.3, -0.25) is 9.59 Å². The van der Waals surface area contributed by atoms with E-state index < -0.39 is 6.04 Å². The molecule has 2 atom stereocenters. The van der Waals surface area contributed by atoms with Gasteiger partial charge in [-0.05, 0) is 20.3 Å². The van der Waals surface area contributed by atoms with Crippen LogP contribution in [0.3, 0.4) is 0 Å². The van der Waals surface area contributed by atoms with Crippen molar-refractivity contribution in [3.05, 3.63) is 35.2 Å². The van der Waals surface area contributed by atoms with E-state index in [4.69, 9.17) is 0 Å². The van der Waals surface area contributed by atoms with Crippen molar-refractivity contribution in [1.29, 1.82) is 0 Å². The maximum absolute atomic E-state index is 12.7. The molecule has 2 saturated heterocycles. The van der Waals surface area contributed by atoms with Crippen molar-refractivity contribution in [1.82, 2.24) is 9.88 Å². The molecule has 2 aliphatic heterocycles. The Morgan fingerprint density at radius 2 is 2.12 bits per heavy atom. The quantitative estimate of drug-likeness (QED) is 0.894. The highest BCUT2D eigenvalue weighted by atomic mass is 32.2.